The molecule has 0 fully saturated rings. The second kappa shape index (κ2) is 6.77. The molecule has 18 heavy (non-hydrogen) atoms. The Bertz CT molecular complexity index is 422. The molecule has 3 N–H and O–H groups in total. The highest BCUT2D eigenvalue weighted by Gasteiger charge is 2.38. The van der Waals surface area contributed by atoms with Crippen LogP contribution in [0.15, 0.2) is 16.6 Å². The van der Waals surface area contributed by atoms with Crippen molar-refractivity contribution in [3.8, 4) is 5.75 Å². The van der Waals surface area contributed by atoms with Gasteiger partial charge in [-0.05, 0) is 24.1 Å². The highest BCUT2D eigenvalue weighted by Crippen LogP contribution is 2.33. The molecule has 2 rings (SSSR count). The van der Waals surface area contributed by atoms with E-state index >= 15 is 0 Å². The molecule has 1 aromatic rings. The van der Waals surface area contributed by atoms with Gasteiger partial charge in [-0.3, -0.25) is 0 Å². The van der Waals surface area contributed by atoms with Crippen LogP contribution in [0.25, 0.3) is 0 Å². The van der Waals surface area contributed by atoms with E-state index < -0.39 is 7.12 Å². The predicted molar refractivity (Wildman–Crippen MR) is 77.7 cm³/mol. The van der Waals surface area contributed by atoms with Crippen LogP contribution < -0.4 is 15.9 Å². The number of rotatable bonds is 4. The highest BCUT2D eigenvalue weighted by molar-refractivity contribution is 9.10. The van der Waals surface area contributed by atoms with Crippen molar-refractivity contribution >= 4 is 40.9 Å². The maximum absolute atomic E-state index is 9.91. The normalized spacial score (nSPS) is 17.3. The first-order valence-corrected chi connectivity index (χ1v) is 6.47. The lowest BCUT2D eigenvalue weighted by Crippen LogP contribution is -2.30. The van der Waals surface area contributed by atoms with Crippen molar-refractivity contribution in [2.45, 2.75) is 19.4 Å². The fraction of sp³-hybridized carbons (Fsp3) is 0.455. The lowest BCUT2D eigenvalue weighted by Gasteiger charge is -2.13. The molecule has 0 saturated carbocycles. The van der Waals surface area contributed by atoms with E-state index in [0.29, 0.717) is 24.4 Å². The molecule has 0 spiro atoms. The van der Waals surface area contributed by atoms with Crippen molar-refractivity contribution in [3.05, 3.63) is 22.2 Å². The molecule has 100 valence electrons. The van der Waals surface area contributed by atoms with Gasteiger partial charge >= 0.3 is 7.12 Å². The van der Waals surface area contributed by atoms with E-state index in [1.54, 1.807) is 0 Å². The van der Waals surface area contributed by atoms with E-state index in [1.165, 1.54) is 0 Å². The van der Waals surface area contributed by atoms with Gasteiger partial charge in [-0.25, -0.2) is 0 Å². The Morgan fingerprint density at radius 1 is 1.56 bits per heavy atom. The molecule has 0 radical (unpaired) electrons. The van der Waals surface area contributed by atoms with Gasteiger partial charge in [-0.1, -0.05) is 22.9 Å². The van der Waals surface area contributed by atoms with E-state index in [4.69, 9.17) is 15.1 Å². The van der Waals surface area contributed by atoms with E-state index in [2.05, 4.69) is 15.9 Å². The molecule has 1 atom stereocenters. The number of fused-ring (bicyclic) bond motifs is 1. The smallest absolute Gasteiger partial charge is 0.494 e. The van der Waals surface area contributed by atoms with Crippen LogP contribution in [0.5, 0.6) is 5.75 Å². The minimum Gasteiger partial charge on any atom is -0.494 e. The molecule has 1 aliphatic rings. The first kappa shape index (κ1) is 15.8. The van der Waals surface area contributed by atoms with Gasteiger partial charge in [0.15, 0.2) is 0 Å². The Hall–Kier alpha value is -0.265. The monoisotopic (exact) mass is 335 g/mol. The van der Waals surface area contributed by atoms with Gasteiger partial charge in [0.05, 0.1) is 12.7 Å². The second-order valence-corrected chi connectivity index (χ2v) is 4.79. The predicted octanol–water partition coefficient (Wildman–Crippen LogP) is 1.38. The maximum Gasteiger partial charge on any atom is 0.495 e. The summed E-state index contributed by atoms with van der Waals surface area (Å²) in [6.07, 6.45) is 0.641. The molecule has 1 aliphatic heterocycles. The minimum absolute atomic E-state index is 0. The zero-order valence-corrected chi connectivity index (χ0v) is 12.5. The van der Waals surface area contributed by atoms with Gasteiger partial charge in [0, 0.05) is 16.5 Å². The molecule has 1 aromatic carbocycles. The Labute approximate surface area is 122 Å². The van der Waals surface area contributed by atoms with Crippen molar-refractivity contribution in [3.63, 3.8) is 0 Å². The number of benzene rings is 1. The van der Waals surface area contributed by atoms with Crippen LogP contribution in [-0.2, 0) is 4.65 Å². The molecule has 7 heteroatoms. The van der Waals surface area contributed by atoms with E-state index in [0.717, 1.165) is 16.5 Å². The average Bonchev–Trinajstić information content (AvgIpc) is 2.67. The van der Waals surface area contributed by atoms with Crippen LogP contribution in [0, 0.1) is 0 Å². The third-order valence-corrected chi connectivity index (χ3v) is 3.42. The van der Waals surface area contributed by atoms with Crippen LogP contribution in [0.2, 0.25) is 0 Å². The third kappa shape index (κ3) is 2.83. The maximum atomic E-state index is 9.91. The van der Waals surface area contributed by atoms with Crippen molar-refractivity contribution < 1.29 is 14.4 Å². The van der Waals surface area contributed by atoms with Gasteiger partial charge in [-0.15, -0.1) is 12.4 Å². The first-order chi connectivity index (χ1) is 8.19. The molecule has 4 nitrogen and oxygen atoms in total. The number of ether oxygens (including phenoxy) is 1. The summed E-state index contributed by atoms with van der Waals surface area (Å²) in [7, 11) is -0.956. The van der Waals surface area contributed by atoms with Gasteiger partial charge in [-0.2, -0.15) is 0 Å². The summed E-state index contributed by atoms with van der Waals surface area (Å²) < 4.78 is 11.9. The zero-order valence-electron chi connectivity index (χ0n) is 10.1. The summed E-state index contributed by atoms with van der Waals surface area (Å²) in [6.45, 7) is 2.99. The molecule has 0 amide bonds. The summed E-state index contributed by atoms with van der Waals surface area (Å²) >= 11 is 3.46. The largest absolute Gasteiger partial charge is 0.495 e. The van der Waals surface area contributed by atoms with Crippen LogP contribution in [-0.4, -0.2) is 25.3 Å². The Morgan fingerprint density at radius 2 is 2.28 bits per heavy atom. The summed E-state index contributed by atoms with van der Waals surface area (Å²) in [5.41, 5.74) is 7.23. The Balaban J connectivity index is 0.00000162. The van der Waals surface area contributed by atoms with E-state index in [9.17, 15) is 5.02 Å². The summed E-state index contributed by atoms with van der Waals surface area (Å²) in [6, 6.07) is 3.73. The van der Waals surface area contributed by atoms with E-state index in [-0.39, 0.29) is 18.5 Å². The molecular weight excluding hydrogens is 320 g/mol. The van der Waals surface area contributed by atoms with Gasteiger partial charge in [0.2, 0.25) is 0 Å². The highest BCUT2D eigenvalue weighted by atomic mass is 79.9. The minimum atomic E-state index is -0.956. The Kier molecular flexibility index (Phi) is 5.94. The van der Waals surface area contributed by atoms with E-state index in [1.807, 2.05) is 19.1 Å². The number of halogens is 2. The molecule has 1 heterocycles. The second-order valence-electron chi connectivity index (χ2n) is 3.93. The lowest BCUT2D eigenvalue weighted by molar-refractivity contribution is 0.197. The van der Waals surface area contributed by atoms with Gasteiger partial charge in [0.1, 0.15) is 5.75 Å². The van der Waals surface area contributed by atoms with Crippen LogP contribution in [0.3, 0.4) is 0 Å². The Morgan fingerprint density at radius 3 is 2.89 bits per heavy atom. The molecule has 0 aliphatic carbocycles. The van der Waals surface area contributed by atoms with Crippen LogP contribution in [0.1, 0.15) is 25.0 Å². The average molecular weight is 336 g/mol. The topological polar surface area (TPSA) is 64.7 Å². The lowest BCUT2D eigenvalue weighted by atomic mass is 9.78. The molecular formula is C11H16BBrClNO3. The van der Waals surface area contributed by atoms with Crippen molar-refractivity contribution in [2.24, 2.45) is 5.73 Å². The van der Waals surface area contributed by atoms with Crippen molar-refractivity contribution in [1.29, 1.82) is 0 Å². The van der Waals surface area contributed by atoms with Gasteiger partial charge < -0.3 is 20.1 Å². The summed E-state index contributed by atoms with van der Waals surface area (Å²) in [5, 5.41) is 9.91. The fourth-order valence-corrected chi connectivity index (χ4v) is 2.58. The first-order valence-electron chi connectivity index (χ1n) is 5.67. The number of hydrogen-bond acceptors (Lipinski definition) is 4. The third-order valence-electron chi connectivity index (χ3n) is 2.73. The van der Waals surface area contributed by atoms with Gasteiger partial charge in [0.25, 0.3) is 0 Å². The molecule has 0 saturated heterocycles. The number of nitrogens with two attached hydrogens (primary N) is 1. The fourth-order valence-electron chi connectivity index (χ4n) is 1.97. The summed E-state index contributed by atoms with van der Waals surface area (Å²) in [4.78, 5) is 0. The summed E-state index contributed by atoms with van der Waals surface area (Å²) in [5.74, 6) is 0.675. The standard InChI is InChI=1S/C11H15BBrNO3.ClH/c1-2-5-16-8-4-3-7(13)10-9(6-14)17-12(15)11(8)10;/h3-4,9,15H,2,5-6,14H2,1H3;1H/t9-;/m1./s1. The molecule has 0 aromatic heterocycles. The van der Waals surface area contributed by atoms with Crippen molar-refractivity contribution in [1.82, 2.24) is 0 Å². The zero-order chi connectivity index (χ0) is 12.4. The SMILES string of the molecule is CCCOc1ccc(Br)c2c1B(O)O[C@@H]2CN.Cl. The quantitative estimate of drug-likeness (QED) is 0.816. The van der Waals surface area contributed by atoms with Crippen molar-refractivity contribution in [2.75, 3.05) is 13.2 Å². The molecule has 0 bridgehead atoms. The van der Waals surface area contributed by atoms with Crippen LogP contribution >= 0.6 is 28.3 Å². The van der Waals surface area contributed by atoms with Crippen LogP contribution in [0.4, 0.5) is 0 Å². The molecule has 0 unspecified atom stereocenters. The number of hydrogen-bond donors (Lipinski definition) is 2.